The molecular weight excluding hydrogens is 326 g/mol. The van der Waals surface area contributed by atoms with E-state index in [9.17, 15) is 0 Å². The van der Waals surface area contributed by atoms with Crippen LogP contribution in [-0.4, -0.2) is 36.1 Å². The van der Waals surface area contributed by atoms with Gasteiger partial charge in [0, 0.05) is 5.71 Å². The van der Waals surface area contributed by atoms with E-state index in [1.165, 1.54) is 25.7 Å². The van der Waals surface area contributed by atoms with Gasteiger partial charge in [-0.2, -0.15) is 0 Å². The second-order valence-electron chi connectivity index (χ2n) is 4.46. The van der Waals surface area contributed by atoms with Crippen LogP contribution in [0.15, 0.2) is 5.16 Å². The van der Waals surface area contributed by atoms with Crippen LogP contribution >= 0.6 is 19.4 Å². The molecule has 2 rings (SSSR count). The molecule has 0 saturated carbocycles. The van der Waals surface area contributed by atoms with E-state index in [1.807, 2.05) is 0 Å². The van der Waals surface area contributed by atoms with Crippen LogP contribution < -0.4 is 0 Å². The van der Waals surface area contributed by atoms with Crippen molar-refractivity contribution in [2.24, 2.45) is 5.16 Å². The van der Waals surface area contributed by atoms with Gasteiger partial charge in [-0.25, -0.2) is 0 Å². The van der Waals surface area contributed by atoms with E-state index in [1.54, 1.807) is 0 Å². The van der Waals surface area contributed by atoms with Gasteiger partial charge in [0.25, 0.3) is 0 Å². The summed E-state index contributed by atoms with van der Waals surface area (Å²) in [6.07, 6.45) is 6.81. The predicted molar refractivity (Wildman–Crippen MR) is 72.7 cm³/mol. The van der Waals surface area contributed by atoms with Gasteiger partial charge in [-0.1, -0.05) is 50.6 Å². The Balaban J connectivity index is 0.000000492. The monoisotopic (exact) mass is 343 g/mol. The van der Waals surface area contributed by atoms with Gasteiger partial charge in [-0.05, 0) is 0 Å². The molecule has 0 aliphatic carbocycles. The third-order valence-electron chi connectivity index (χ3n) is 3.27. The molecule has 2 aliphatic rings. The van der Waals surface area contributed by atoms with Crippen LogP contribution in [0.4, 0.5) is 0 Å². The van der Waals surface area contributed by atoms with E-state index in [0.29, 0.717) is 0 Å². The zero-order chi connectivity index (χ0) is 13.2. The molecule has 0 bridgehead atoms. The van der Waals surface area contributed by atoms with Gasteiger partial charge < -0.3 is 15.8 Å². The van der Waals surface area contributed by atoms with Gasteiger partial charge in [0.05, 0.1) is 0 Å². The Morgan fingerprint density at radius 3 is 1.72 bits per heavy atom. The molecule has 2 unspecified atom stereocenters. The molecule has 4 nitrogen and oxygen atoms in total. The summed E-state index contributed by atoms with van der Waals surface area (Å²) in [4.78, 5) is 0. The fraction of sp³-hybridized carbons (Fsp3) is 0.909. The molecule has 0 aromatic rings. The first-order chi connectivity index (χ1) is 8.83. The minimum atomic E-state index is -0.931. The summed E-state index contributed by atoms with van der Waals surface area (Å²) in [6, 6.07) is 0.270. The van der Waals surface area contributed by atoms with Crippen molar-refractivity contribution in [3.8, 4) is 0 Å². The number of hydrogen-bond donors (Lipinski definition) is 1. The molecule has 2 saturated heterocycles. The van der Waals surface area contributed by atoms with Crippen molar-refractivity contribution < 1.29 is 20.4 Å². The van der Waals surface area contributed by atoms with Crippen molar-refractivity contribution in [2.45, 2.75) is 50.6 Å². The number of piperidine rings is 2. The Morgan fingerprint density at radius 2 is 1.44 bits per heavy atom. The average Bonchev–Trinajstić information content (AvgIpc) is 2.43. The van der Waals surface area contributed by atoms with E-state index < -0.39 is 15.1 Å². The Hall–Kier alpha value is 0.593. The molecule has 7 heteroatoms. The molecule has 0 radical (unpaired) electrons. The fourth-order valence-corrected chi connectivity index (χ4v) is 2.41. The zero-order valence-corrected chi connectivity index (χ0v) is 15.0. The molecule has 2 aliphatic heterocycles. The first-order valence-corrected chi connectivity index (χ1v) is 14.3. The van der Waals surface area contributed by atoms with E-state index in [-0.39, 0.29) is 12.1 Å². The van der Waals surface area contributed by atoms with Gasteiger partial charge in [0.2, 0.25) is 0 Å². The van der Waals surface area contributed by atoms with E-state index >= 15 is 0 Å². The van der Waals surface area contributed by atoms with Crippen LogP contribution in [0.3, 0.4) is 0 Å². The van der Waals surface area contributed by atoms with Crippen molar-refractivity contribution in [1.82, 2.24) is 0 Å². The molecule has 2 heterocycles. The molecule has 0 amide bonds. The van der Waals surface area contributed by atoms with Crippen LogP contribution in [0.2, 0.25) is 0 Å². The van der Waals surface area contributed by atoms with Crippen molar-refractivity contribution in [1.29, 1.82) is 0 Å². The molecular formula is C11H19Cl2N3OZn-2. The standard InChI is InChI=1S/C11H19N3O.2ClH.Zn/c15-14-11(9-5-1-3-7-12-9)10-6-2-4-8-13-10;;;/h9-10,15H,1-8H2;2*1H;/q-2;;;+2/p-2. The summed E-state index contributed by atoms with van der Waals surface area (Å²) < 4.78 is 0. The van der Waals surface area contributed by atoms with Gasteiger partial charge in [0.1, 0.15) is 0 Å². The Kier molecular flexibility index (Phi) is 9.61. The van der Waals surface area contributed by atoms with Crippen molar-refractivity contribution in [3.63, 3.8) is 0 Å². The Bertz CT molecular complexity index is 224. The first kappa shape index (κ1) is 16.6. The van der Waals surface area contributed by atoms with E-state index in [4.69, 9.17) is 24.6 Å². The zero-order valence-electron chi connectivity index (χ0n) is 10.6. The number of rotatable bonds is 2. The fourth-order valence-electron chi connectivity index (χ4n) is 2.41. The second kappa shape index (κ2) is 10.4. The Labute approximate surface area is 125 Å². The molecule has 102 valence electrons. The Morgan fingerprint density at radius 1 is 1.00 bits per heavy atom. The maximum atomic E-state index is 9.10. The molecule has 0 aromatic heterocycles. The van der Waals surface area contributed by atoms with Crippen LogP contribution in [0, 0.1) is 0 Å². The second-order valence-corrected chi connectivity index (χ2v) is 9.08. The third-order valence-corrected chi connectivity index (χ3v) is 3.27. The predicted octanol–water partition coefficient (Wildman–Crippen LogP) is 4.05. The van der Waals surface area contributed by atoms with Crippen LogP contribution in [0.25, 0.3) is 10.6 Å². The normalized spacial score (nSPS) is 27.4. The van der Waals surface area contributed by atoms with Gasteiger partial charge in [-0.15, -0.1) is 18.2 Å². The van der Waals surface area contributed by atoms with Crippen LogP contribution in [0.1, 0.15) is 38.5 Å². The number of hydrogen-bond acceptors (Lipinski definition) is 2. The molecule has 0 spiro atoms. The van der Waals surface area contributed by atoms with E-state index in [2.05, 4.69) is 15.8 Å². The van der Waals surface area contributed by atoms with Gasteiger partial charge in [-0.3, -0.25) is 0 Å². The molecule has 2 fully saturated rings. The van der Waals surface area contributed by atoms with Gasteiger partial charge in [0.15, 0.2) is 0 Å². The summed E-state index contributed by atoms with van der Waals surface area (Å²) in [5, 5.41) is 21.6. The quantitative estimate of drug-likeness (QED) is 0.349. The molecule has 18 heavy (non-hydrogen) atoms. The van der Waals surface area contributed by atoms with Gasteiger partial charge >= 0.3 is 34.5 Å². The molecule has 2 atom stereocenters. The number of nitrogens with zero attached hydrogens (tertiary/aromatic N) is 3. The first-order valence-electron chi connectivity index (χ1n) is 6.50. The van der Waals surface area contributed by atoms with Crippen LogP contribution in [0.5, 0.6) is 0 Å². The van der Waals surface area contributed by atoms with E-state index in [0.717, 1.165) is 31.6 Å². The summed E-state index contributed by atoms with van der Waals surface area (Å²) in [7, 11) is 9.90. The van der Waals surface area contributed by atoms with Crippen molar-refractivity contribution in [2.75, 3.05) is 13.1 Å². The van der Waals surface area contributed by atoms with Crippen molar-refractivity contribution in [3.05, 3.63) is 10.6 Å². The summed E-state index contributed by atoms with van der Waals surface area (Å²) in [5.41, 5.74) is 0.814. The third kappa shape index (κ3) is 5.71. The van der Waals surface area contributed by atoms with Crippen molar-refractivity contribution >= 4 is 25.1 Å². The number of oxime groups is 1. The molecule has 1 N–H and O–H groups in total. The summed E-state index contributed by atoms with van der Waals surface area (Å²) >= 11 is -0.931. The minimum absolute atomic E-state index is 0.135. The number of halogens is 2. The molecule has 0 aromatic carbocycles. The van der Waals surface area contributed by atoms with Crippen LogP contribution in [-0.2, 0) is 15.1 Å². The summed E-state index contributed by atoms with van der Waals surface area (Å²) in [5.74, 6) is 0. The summed E-state index contributed by atoms with van der Waals surface area (Å²) in [6.45, 7) is 1.83. The average molecular weight is 346 g/mol. The maximum absolute atomic E-state index is 9.10. The SMILES string of the molecule is ON=C(C1CCCC[N-]1)C1CCCC[N-]1.[Cl][Zn][Cl]. The topological polar surface area (TPSA) is 60.8 Å².